The molecular weight excluding hydrogens is 216 g/mol. The van der Waals surface area contributed by atoms with Gasteiger partial charge in [0.1, 0.15) is 0 Å². The van der Waals surface area contributed by atoms with E-state index in [0.29, 0.717) is 6.04 Å². The molecule has 0 heterocycles. The second-order valence-corrected chi connectivity index (χ2v) is 5.60. The zero-order valence-corrected chi connectivity index (χ0v) is 10.6. The Morgan fingerprint density at radius 2 is 2.19 bits per heavy atom. The van der Waals surface area contributed by atoms with Gasteiger partial charge in [0.15, 0.2) is 0 Å². The minimum atomic E-state index is 0.471. The normalized spacial score (nSPS) is 18.1. The molecule has 3 N–H and O–H groups in total. The van der Waals surface area contributed by atoms with Crippen LogP contribution in [0.2, 0.25) is 0 Å². The molecule has 2 rings (SSSR count). The first-order valence-electron chi connectivity index (χ1n) is 5.96. The van der Waals surface area contributed by atoms with Crippen LogP contribution in [0.5, 0.6) is 0 Å². The fourth-order valence-corrected chi connectivity index (χ4v) is 3.26. The Balaban J connectivity index is 1.88. The van der Waals surface area contributed by atoms with Crippen molar-refractivity contribution >= 4 is 11.8 Å². The van der Waals surface area contributed by atoms with E-state index in [1.165, 1.54) is 29.7 Å². The number of nitrogens with one attached hydrogen (secondary N) is 1. The second kappa shape index (κ2) is 5.71. The zero-order chi connectivity index (χ0) is 11.4. The molecule has 0 saturated heterocycles. The van der Waals surface area contributed by atoms with Gasteiger partial charge >= 0.3 is 0 Å². The molecule has 1 aliphatic rings. The van der Waals surface area contributed by atoms with Crippen molar-refractivity contribution in [3.05, 3.63) is 29.8 Å². The minimum absolute atomic E-state index is 0.471. The molecule has 0 aromatic heterocycles. The maximum absolute atomic E-state index is 5.62. The van der Waals surface area contributed by atoms with E-state index in [0.717, 1.165) is 11.7 Å². The van der Waals surface area contributed by atoms with E-state index >= 15 is 0 Å². The molecule has 0 spiro atoms. The summed E-state index contributed by atoms with van der Waals surface area (Å²) in [7, 11) is 0. The van der Waals surface area contributed by atoms with E-state index in [2.05, 4.69) is 36.6 Å². The number of hydrazine groups is 1. The number of thioether (sulfide) groups is 1. The molecule has 3 heteroatoms. The predicted octanol–water partition coefficient (Wildman–Crippen LogP) is 2.72. The first kappa shape index (κ1) is 12.0. The molecule has 1 fully saturated rings. The van der Waals surface area contributed by atoms with Gasteiger partial charge in [0.2, 0.25) is 0 Å². The Morgan fingerprint density at radius 3 is 2.75 bits per heavy atom. The lowest BCUT2D eigenvalue weighted by Crippen LogP contribution is -2.45. The van der Waals surface area contributed by atoms with E-state index in [-0.39, 0.29) is 0 Å². The molecule has 0 aliphatic heterocycles. The standard InChI is InChI=1S/C13H20N2S/c1-10-5-2-3-8-13(10)16-9-12(15-14)11-6-4-7-11/h2-3,5,8,11-12,15H,4,6-7,9,14H2,1H3. The lowest BCUT2D eigenvalue weighted by atomic mass is 9.80. The van der Waals surface area contributed by atoms with Crippen LogP contribution in [0.4, 0.5) is 0 Å². The Bertz CT molecular complexity index is 336. The SMILES string of the molecule is Cc1ccccc1SCC(NN)C1CCC1. The van der Waals surface area contributed by atoms with Gasteiger partial charge in [-0.3, -0.25) is 11.3 Å². The van der Waals surface area contributed by atoms with Crippen molar-refractivity contribution < 1.29 is 0 Å². The van der Waals surface area contributed by atoms with Crippen molar-refractivity contribution in [2.45, 2.75) is 37.1 Å². The summed E-state index contributed by atoms with van der Waals surface area (Å²) in [4.78, 5) is 1.38. The highest BCUT2D eigenvalue weighted by molar-refractivity contribution is 7.99. The number of aryl methyl sites for hydroxylation is 1. The molecule has 1 saturated carbocycles. The molecule has 1 aliphatic carbocycles. The number of hydrogen-bond donors (Lipinski definition) is 2. The Morgan fingerprint density at radius 1 is 1.44 bits per heavy atom. The first-order valence-corrected chi connectivity index (χ1v) is 6.94. The first-order chi connectivity index (χ1) is 7.81. The molecular formula is C13H20N2S. The molecule has 88 valence electrons. The third-order valence-electron chi connectivity index (χ3n) is 3.44. The van der Waals surface area contributed by atoms with Crippen molar-refractivity contribution in [2.75, 3.05) is 5.75 Å². The van der Waals surface area contributed by atoms with Gasteiger partial charge in [-0.15, -0.1) is 11.8 Å². The molecule has 16 heavy (non-hydrogen) atoms. The summed E-state index contributed by atoms with van der Waals surface area (Å²) < 4.78 is 0. The average molecular weight is 236 g/mol. The summed E-state index contributed by atoms with van der Waals surface area (Å²) in [5.74, 6) is 7.49. The number of hydrogen-bond acceptors (Lipinski definition) is 3. The molecule has 1 atom stereocenters. The summed E-state index contributed by atoms with van der Waals surface area (Å²) >= 11 is 1.91. The molecule has 2 nitrogen and oxygen atoms in total. The van der Waals surface area contributed by atoms with Crippen LogP contribution in [-0.4, -0.2) is 11.8 Å². The third-order valence-corrected chi connectivity index (χ3v) is 4.74. The highest BCUT2D eigenvalue weighted by Gasteiger charge is 2.26. The Hall–Kier alpha value is -0.510. The van der Waals surface area contributed by atoms with E-state index in [1.807, 2.05) is 11.8 Å². The van der Waals surface area contributed by atoms with Gasteiger partial charge < -0.3 is 0 Å². The van der Waals surface area contributed by atoms with Gasteiger partial charge in [0.05, 0.1) is 0 Å². The van der Waals surface area contributed by atoms with Crippen LogP contribution >= 0.6 is 11.8 Å². The van der Waals surface area contributed by atoms with E-state index in [1.54, 1.807) is 0 Å². The van der Waals surface area contributed by atoms with E-state index in [9.17, 15) is 0 Å². The summed E-state index contributed by atoms with van der Waals surface area (Å²) in [6, 6.07) is 9.01. The molecule has 0 bridgehead atoms. The van der Waals surface area contributed by atoms with Crippen LogP contribution in [-0.2, 0) is 0 Å². The Labute approximate surface area is 102 Å². The van der Waals surface area contributed by atoms with E-state index in [4.69, 9.17) is 5.84 Å². The summed E-state index contributed by atoms with van der Waals surface area (Å²) in [6.07, 6.45) is 4.05. The number of rotatable bonds is 5. The van der Waals surface area contributed by atoms with Gasteiger partial charge in [-0.05, 0) is 37.3 Å². The van der Waals surface area contributed by atoms with E-state index < -0.39 is 0 Å². The smallest absolute Gasteiger partial charge is 0.0332 e. The van der Waals surface area contributed by atoms with Crippen LogP contribution in [0, 0.1) is 12.8 Å². The third kappa shape index (κ3) is 2.78. The van der Waals surface area contributed by atoms with Gasteiger partial charge in [0.25, 0.3) is 0 Å². The fraction of sp³-hybridized carbons (Fsp3) is 0.538. The maximum Gasteiger partial charge on any atom is 0.0332 e. The highest BCUT2D eigenvalue weighted by atomic mass is 32.2. The lowest BCUT2D eigenvalue weighted by Gasteiger charge is -2.33. The van der Waals surface area contributed by atoms with Crippen molar-refractivity contribution in [2.24, 2.45) is 11.8 Å². The quantitative estimate of drug-likeness (QED) is 0.469. The fourth-order valence-electron chi connectivity index (χ4n) is 2.06. The number of benzene rings is 1. The Kier molecular flexibility index (Phi) is 4.27. The van der Waals surface area contributed by atoms with Crippen molar-refractivity contribution in [3.8, 4) is 0 Å². The highest BCUT2D eigenvalue weighted by Crippen LogP contribution is 2.32. The van der Waals surface area contributed by atoms with Gasteiger partial charge in [-0.2, -0.15) is 0 Å². The van der Waals surface area contributed by atoms with Crippen LogP contribution in [0.25, 0.3) is 0 Å². The van der Waals surface area contributed by atoms with Crippen molar-refractivity contribution in [1.29, 1.82) is 0 Å². The second-order valence-electron chi connectivity index (χ2n) is 4.54. The molecule has 0 radical (unpaired) electrons. The summed E-state index contributed by atoms with van der Waals surface area (Å²) in [6.45, 7) is 2.16. The van der Waals surface area contributed by atoms with Gasteiger partial charge in [-0.25, -0.2) is 0 Å². The van der Waals surface area contributed by atoms with Gasteiger partial charge in [0, 0.05) is 16.7 Å². The molecule has 0 amide bonds. The average Bonchev–Trinajstić information content (AvgIpc) is 2.23. The minimum Gasteiger partial charge on any atom is -0.271 e. The van der Waals surface area contributed by atoms with Crippen LogP contribution in [0.1, 0.15) is 24.8 Å². The van der Waals surface area contributed by atoms with Crippen molar-refractivity contribution in [3.63, 3.8) is 0 Å². The van der Waals surface area contributed by atoms with Crippen molar-refractivity contribution in [1.82, 2.24) is 5.43 Å². The monoisotopic (exact) mass is 236 g/mol. The molecule has 1 aromatic rings. The summed E-state index contributed by atoms with van der Waals surface area (Å²) in [5, 5.41) is 0. The predicted molar refractivity (Wildman–Crippen MR) is 70.4 cm³/mol. The number of nitrogens with two attached hydrogens (primary N) is 1. The maximum atomic E-state index is 5.62. The van der Waals surface area contributed by atoms with Crippen LogP contribution in [0.3, 0.4) is 0 Å². The topological polar surface area (TPSA) is 38.0 Å². The summed E-state index contributed by atoms with van der Waals surface area (Å²) in [5.41, 5.74) is 4.33. The van der Waals surface area contributed by atoms with Crippen LogP contribution < -0.4 is 11.3 Å². The van der Waals surface area contributed by atoms with Gasteiger partial charge in [-0.1, -0.05) is 24.6 Å². The molecule has 1 aromatic carbocycles. The van der Waals surface area contributed by atoms with Crippen LogP contribution in [0.15, 0.2) is 29.2 Å². The molecule has 1 unspecified atom stereocenters. The zero-order valence-electron chi connectivity index (χ0n) is 9.78. The largest absolute Gasteiger partial charge is 0.271 e. The lowest BCUT2D eigenvalue weighted by molar-refractivity contribution is 0.246.